The SMILES string of the molecule is CC1Sc2cc(S(=O)(=O)CCC(=O)Nc3ccc(Cl)cc3)ccc2NC1=O. The van der Waals surface area contributed by atoms with Gasteiger partial charge in [0.15, 0.2) is 9.84 Å². The molecule has 0 bridgehead atoms. The number of nitrogens with one attached hydrogen (secondary N) is 2. The molecule has 0 aromatic heterocycles. The Bertz CT molecular complexity index is 991. The number of hydrogen-bond acceptors (Lipinski definition) is 5. The highest BCUT2D eigenvalue weighted by Gasteiger charge is 2.25. The van der Waals surface area contributed by atoms with E-state index in [4.69, 9.17) is 11.6 Å². The lowest BCUT2D eigenvalue weighted by molar-refractivity contribution is -0.116. The van der Waals surface area contributed by atoms with Crippen LogP contribution in [-0.4, -0.2) is 31.2 Å². The van der Waals surface area contributed by atoms with Crippen LogP contribution < -0.4 is 10.6 Å². The quantitative estimate of drug-likeness (QED) is 0.765. The van der Waals surface area contributed by atoms with Gasteiger partial charge in [0.1, 0.15) is 0 Å². The first-order chi connectivity index (χ1) is 12.7. The molecule has 2 amide bonds. The molecule has 3 rings (SSSR count). The van der Waals surface area contributed by atoms with Gasteiger partial charge in [-0.25, -0.2) is 8.42 Å². The average molecular weight is 425 g/mol. The molecule has 0 saturated carbocycles. The number of carbonyl (C=O) groups is 2. The van der Waals surface area contributed by atoms with Crippen LogP contribution in [0.2, 0.25) is 5.02 Å². The highest BCUT2D eigenvalue weighted by atomic mass is 35.5. The summed E-state index contributed by atoms with van der Waals surface area (Å²) in [6, 6.07) is 11.1. The number of anilines is 2. The van der Waals surface area contributed by atoms with Crippen molar-refractivity contribution in [1.82, 2.24) is 0 Å². The molecule has 1 heterocycles. The van der Waals surface area contributed by atoms with E-state index in [0.29, 0.717) is 21.3 Å². The number of sulfone groups is 1. The molecular formula is C18H17ClN2O4S2. The van der Waals surface area contributed by atoms with Crippen molar-refractivity contribution in [1.29, 1.82) is 0 Å². The Morgan fingerprint density at radius 1 is 1.22 bits per heavy atom. The molecule has 9 heteroatoms. The third-order valence-corrected chi connectivity index (χ3v) is 7.09. The summed E-state index contributed by atoms with van der Waals surface area (Å²) in [4.78, 5) is 24.5. The van der Waals surface area contributed by atoms with Crippen molar-refractivity contribution in [2.75, 3.05) is 16.4 Å². The summed E-state index contributed by atoms with van der Waals surface area (Å²) in [6.45, 7) is 1.76. The lowest BCUT2D eigenvalue weighted by Crippen LogP contribution is -2.26. The van der Waals surface area contributed by atoms with Crippen molar-refractivity contribution in [3.63, 3.8) is 0 Å². The van der Waals surface area contributed by atoms with Gasteiger partial charge in [0, 0.05) is 22.0 Å². The van der Waals surface area contributed by atoms with Crippen molar-refractivity contribution >= 4 is 56.4 Å². The predicted molar refractivity (Wildman–Crippen MR) is 107 cm³/mol. The minimum Gasteiger partial charge on any atom is -0.326 e. The first kappa shape index (κ1) is 19.7. The summed E-state index contributed by atoms with van der Waals surface area (Å²) < 4.78 is 25.1. The molecular weight excluding hydrogens is 408 g/mol. The second-order valence-corrected chi connectivity index (χ2v) is 9.96. The van der Waals surface area contributed by atoms with Crippen LogP contribution >= 0.6 is 23.4 Å². The van der Waals surface area contributed by atoms with Crippen LogP contribution in [0.25, 0.3) is 0 Å². The minimum atomic E-state index is -3.63. The molecule has 1 aliphatic heterocycles. The molecule has 1 atom stereocenters. The molecule has 27 heavy (non-hydrogen) atoms. The van der Waals surface area contributed by atoms with E-state index in [0.717, 1.165) is 0 Å². The van der Waals surface area contributed by atoms with Gasteiger partial charge in [-0.2, -0.15) is 0 Å². The summed E-state index contributed by atoms with van der Waals surface area (Å²) in [5.41, 5.74) is 1.15. The normalized spacial score (nSPS) is 16.4. The summed E-state index contributed by atoms with van der Waals surface area (Å²) in [7, 11) is -3.63. The molecule has 0 saturated heterocycles. The molecule has 2 aromatic carbocycles. The van der Waals surface area contributed by atoms with E-state index in [1.54, 1.807) is 43.3 Å². The second kappa shape index (κ2) is 7.92. The highest BCUT2D eigenvalue weighted by molar-refractivity contribution is 8.01. The molecule has 0 radical (unpaired) electrons. The van der Waals surface area contributed by atoms with Crippen LogP contribution in [0.5, 0.6) is 0 Å². The zero-order valence-electron chi connectivity index (χ0n) is 14.4. The first-order valence-corrected chi connectivity index (χ1v) is 11.1. The lowest BCUT2D eigenvalue weighted by Gasteiger charge is -2.21. The largest absolute Gasteiger partial charge is 0.326 e. The molecule has 0 aliphatic carbocycles. The van der Waals surface area contributed by atoms with E-state index in [1.165, 1.54) is 17.8 Å². The maximum absolute atomic E-state index is 12.6. The smallest absolute Gasteiger partial charge is 0.237 e. The van der Waals surface area contributed by atoms with Gasteiger partial charge in [-0.1, -0.05) is 11.6 Å². The third-order valence-electron chi connectivity index (χ3n) is 3.97. The monoisotopic (exact) mass is 424 g/mol. The number of carbonyl (C=O) groups excluding carboxylic acids is 2. The Morgan fingerprint density at radius 2 is 1.93 bits per heavy atom. The van der Waals surface area contributed by atoms with Gasteiger partial charge in [-0.3, -0.25) is 9.59 Å². The van der Waals surface area contributed by atoms with E-state index >= 15 is 0 Å². The van der Waals surface area contributed by atoms with Crippen molar-refractivity contribution in [2.45, 2.75) is 28.4 Å². The average Bonchev–Trinajstić information content (AvgIpc) is 2.62. The fraction of sp³-hybridized carbons (Fsp3) is 0.222. The number of thioether (sulfide) groups is 1. The fourth-order valence-corrected chi connectivity index (χ4v) is 4.93. The van der Waals surface area contributed by atoms with Crippen molar-refractivity contribution < 1.29 is 18.0 Å². The van der Waals surface area contributed by atoms with E-state index < -0.39 is 15.7 Å². The number of rotatable bonds is 5. The molecule has 2 aromatic rings. The van der Waals surface area contributed by atoms with Crippen LogP contribution in [-0.2, 0) is 19.4 Å². The predicted octanol–water partition coefficient (Wildman–Crippen LogP) is 3.58. The van der Waals surface area contributed by atoms with Crippen molar-refractivity contribution in [3.05, 3.63) is 47.5 Å². The molecule has 0 fully saturated rings. The van der Waals surface area contributed by atoms with Gasteiger partial charge >= 0.3 is 0 Å². The van der Waals surface area contributed by atoms with Gasteiger partial charge in [0.05, 0.1) is 21.6 Å². The van der Waals surface area contributed by atoms with Crippen LogP contribution in [0, 0.1) is 0 Å². The summed E-state index contributed by atoms with van der Waals surface area (Å²) in [5, 5.41) is 5.64. The first-order valence-electron chi connectivity index (χ1n) is 8.14. The summed E-state index contributed by atoms with van der Waals surface area (Å²) >= 11 is 7.10. The summed E-state index contributed by atoms with van der Waals surface area (Å²) in [5.74, 6) is -0.811. The van der Waals surface area contributed by atoms with Gasteiger partial charge in [0.2, 0.25) is 11.8 Å². The fourth-order valence-electron chi connectivity index (χ4n) is 2.48. The summed E-state index contributed by atoms with van der Waals surface area (Å²) in [6.07, 6.45) is -0.164. The number of halogens is 1. The molecule has 142 valence electrons. The molecule has 1 aliphatic rings. The standard InChI is InChI=1S/C18H17ClN2O4S2/c1-11-18(23)21-15-7-6-14(10-16(15)26-11)27(24,25)9-8-17(22)20-13-4-2-12(19)3-5-13/h2-7,10-11H,8-9H2,1H3,(H,20,22)(H,21,23). The Balaban J connectivity index is 1.66. The zero-order valence-corrected chi connectivity index (χ0v) is 16.7. The topological polar surface area (TPSA) is 92.3 Å². The van der Waals surface area contributed by atoms with Crippen molar-refractivity contribution in [3.8, 4) is 0 Å². The van der Waals surface area contributed by atoms with E-state index in [9.17, 15) is 18.0 Å². The van der Waals surface area contributed by atoms with Crippen molar-refractivity contribution in [2.24, 2.45) is 0 Å². The van der Waals surface area contributed by atoms with Crippen LogP contribution in [0.4, 0.5) is 11.4 Å². The third kappa shape index (κ3) is 4.82. The number of benzene rings is 2. The molecule has 0 spiro atoms. The number of hydrogen-bond donors (Lipinski definition) is 2. The van der Waals surface area contributed by atoms with Crippen LogP contribution in [0.15, 0.2) is 52.3 Å². The molecule has 2 N–H and O–H groups in total. The molecule has 1 unspecified atom stereocenters. The van der Waals surface area contributed by atoms with E-state index in [-0.39, 0.29) is 28.2 Å². The highest BCUT2D eigenvalue weighted by Crippen LogP contribution is 2.37. The van der Waals surface area contributed by atoms with Crippen LogP contribution in [0.1, 0.15) is 13.3 Å². The van der Waals surface area contributed by atoms with Gasteiger partial charge in [0.25, 0.3) is 0 Å². The Kier molecular flexibility index (Phi) is 5.78. The second-order valence-electron chi connectivity index (χ2n) is 6.03. The van der Waals surface area contributed by atoms with E-state index in [1.807, 2.05) is 0 Å². The minimum absolute atomic E-state index is 0.109. The van der Waals surface area contributed by atoms with Gasteiger partial charge < -0.3 is 10.6 Å². The van der Waals surface area contributed by atoms with Crippen LogP contribution in [0.3, 0.4) is 0 Å². The maximum atomic E-state index is 12.6. The van der Waals surface area contributed by atoms with E-state index in [2.05, 4.69) is 10.6 Å². The zero-order chi connectivity index (χ0) is 19.6. The lowest BCUT2D eigenvalue weighted by atomic mass is 10.3. The Morgan fingerprint density at radius 3 is 2.63 bits per heavy atom. The Hall–Kier alpha value is -2.03. The van der Waals surface area contributed by atoms with Gasteiger partial charge in [-0.15, -0.1) is 11.8 Å². The Labute approximate surface area is 166 Å². The van der Waals surface area contributed by atoms with Gasteiger partial charge in [-0.05, 0) is 49.4 Å². The number of fused-ring (bicyclic) bond motifs is 1. The maximum Gasteiger partial charge on any atom is 0.237 e. The molecule has 6 nitrogen and oxygen atoms in total. The number of amides is 2.